The highest BCUT2D eigenvalue weighted by Gasteiger charge is 2.31. The van der Waals surface area contributed by atoms with E-state index in [4.69, 9.17) is 9.84 Å². The van der Waals surface area contributed by atoms with E-state index in [9.17, 15) is 4.79 Å². The zero-order chi connectivity index (χ0) is 15.1. The molecule has 1 saturated heterocycles. The lowest BCUT2D eigenvalue weighted by molar-refractivity contribution is -0.150. The summed E-state index contributed by atoms with van der Waals surface area (Å²) in [5.41, 5.74) is 0.978. The number of carbonyl (C=O) groups excluding carboxylic acids is 1. The fourth-order valence-electron chi connectivity index (χ4n) is 2.74. The van der Waals surface area contributed by atoms with E-state index >= 15 is 0 Å². The Kier molecular flexibility index (Phi) is 6.17. The summed E-state index contributed by atoms with van der Waals surface area (Å²) < 4.78 is 5.25. The summed E-state index contributed by atoms with van der Waals surface area (Å²) in [6.45, 7) is 6.44. The molecule has 1 fully saturated rings. The van der Waals surface area contributed by atoms with Crippen LogP contribution in [0.25, 0.3) is 0 Å². The predicted octanol–water partition coefficient (Wildman–Crippen LogP) is 0.901. The van der Waals surface area contributed by atoms with Crippen molar-refractivity contribution in [1.82, 2.24) is 9.80 Å². The van der Waals surface area contributed by atoms with Gasteiger partial charge in [-0.3, -0.25) is 9.80 Å². The number of rotatable bonds is 6. The second-order valence-electron chi connectivity index (χ2n) is 5.17. The highest BCUT2D eigenvalue weighted by atomic mass is 16.5. The van der Waals surface area contributed by atoms with Gasteiger partial charge in [-0.2, -0.15) is 0 Å². The first-order valence-corrected chi connectivity index (χ1v) is 7.55. The quantitative estimate of drug-likeness (QED) is 0.790. The molecule has 0 bridgehead atoms. The van der Waals surface area contributed by atoms with E-state index in [0.29, 0.717) is 13.2 Å². The maximum absolute atomic E-state index is 12.3. The number of carbonyl (C=O) groups is 1. The van der Waals surface area contributed by atoms with Gasteiger partial charge in [-0.05, 0) is 12.5 Å². The average molecular weight is 292 g/mol. The number of nitrogens with zero attached hydrogens (tertiary/aromatic N) is 2. The van der Waals surface area contributed by atoms with Crippen LogP contribution in [0.2, 0.25) is 0 Å². The molecular formula is C16H24N2O3. The van der Waals surface area contributed by atoms with E-state index in [1.165, 1.54) is 0 Å². The second-order valence-corrected chi connectivity index (χ2v) is 5.17. The van der Waals surface area contributed by atoms with Gasteiger partial charge in [0.2, 0.25) is 0 Å². The predicted molar refractivity (Wildman–Crippen MR) is 80.9 cm³/mol. The normalized spacial score (nSPS) is 18.4. The van der Waals surface area contributed by atoms with Crippen molar-refractivity contribution in [3.63, 3.8) is 0 Å². The van der Waals surface area contributed by atoms with Gasteiger partial charge in [-0.25, -0.2) is 4.79 Å². The number of aliphatic hydroxyl groups excluding tert-OH is 1. The molecule has 1 aromatic carbocycles. The third-order valence-corrected chi connectivity index (χ3v) is 3.81. The van der Waals surface area contributed by atoms with Crippen LogP contribution in [0.3, 0.4) is 0 Å². The lowest BCUT2D eigenvalue weighted by Crippen LogP contribution is -2.50. The van der Waals surface area contributed by atoms with Crippen molar-refractivity contribution in [2.24, 2.45) is 0 Å². The minimum absolute atomic E-state index is 0.181. The Bertz CT molecular complexity index is 430. The smallest absolute Gasteiger partial charge is 0.328 e. The Morgan fingerprint density at radius 3 is 2.48 bits per heavy atom. The lowest BCUT2D eigenvalue weighted by atomic mass is 10.0. The van der Waals surface area contributed by atoms with Gasteiger partial charge in [0, 0.05) is 32.7 Å². The standard InChI is InChI=1S/C16H24N2O3/c1-2-21-16(20)15(14-6-4-3-5-7-14)18-10-8-17(9-11-18)12-13-19/h3-7,15,19H,2,8-13H2,1H3. The molecule has 1 unspecified atom stereocenters. The average Bonchev–Trinajstić information content (AvgIpc) is 2.51. The van der Waals surface area contributed by atoms with Gasteiger partial charge in [-0.15, -0.1) is 0 Å². The molecule has 1 heterocycles. The van der Waals surface area contributed by atoms with E-state index in [1.54, 1.807) is 0 Å². The summed E-state index contributed by atoms with van der Waals surface area (Å²) in [4.78, 5) is 16.7. The SMILES string of the molecule is CCOC(=O)C(c1ccccc1)N1CCN(CCO)CC1. The van der Waals surface area contributed by atoms with Crippen LogP contribution >= 0.6 is 0 Å². The zero-order valence-electron chi connectivity index (χ0n) is 12.6. The van der Waals surface area contributed by atoms with Crippen LogP contribution in [-0.4, -0.2) is 66.8 Å². The van der Waals surface area contributed by atoms with Crippen LogP contribution in [0.4, 0.5) is 0 Å². The first-order chi connectivity index (χ1) is 10.3. The van der Waals surface area contributed by atoms with Crippen molar-refractivity contribution in [1.29, 1.82) is 0 Å². The number of benzene rings is 1. The third-order valence-electron chi connectivity index (χ3n) is 3.81. The lowest BCUT2D eigenvalue weighted by Gasteiger charge is -2.38. The zero-order valence-corrected chi connectivity index (χ0v) is 12.6. The van der Waals surface area contributed by atoms with Crippen LogP contribution < -0.4 is 0 Å². The summed E-state index contributed by atoms with van der Waals surface area (Å²) >= 11 is 0. The molecule has 0 saturated carbocycles. The minimum atomic E-state index is -0.331. The van der Waals surface area contributed by atoms with E-state index in [1.807, 2.05) is 37.3 Å². The molecule has 1 aromatic rings. The van der Waals surface area contributed by atoms with Gasteiger partial charge < -0.3 is 9.84 Å². The van der Waals surface area contributed by atoms with Crippen molar-refractivity contribution < 1.29 is 14.6 Å². The summed E-state index contributed by atoms with van der Waals surface area (Å²) in [6, 6.07) is 9.46. The second kappa shape index (κ2) is 8.12. The van der Waals surface area contributed by atoms with Crippen molar-refractivity contribution in [3.8, 4) is 0 Å². The van der Waals surface area contributed by atoms with Gasteiger partial charge in [0.05, 0.1) is 13.2 Å². The highest BCUT2D eigenvalue weighted by Crippen LogP contribution is 2.23. The summed E-state index contributed by atoms with van der Waals surface area (Å²) in [5, 5.41) is 9.00. The molecule has 116 valence electrons. The number of ether oxygens (including phenoxy) is 1. The molecule has 0 radical (unpaired) electrons. The Balaban J connectivity index is 2.08. The first kappa shape index (κ1) is 15.9. The molecule has 1 aliphatic rings. The number of hydrogen-bond acceptors (Lipinski definition) is 5. The van der Waals surface area contributed by atoms with Gasteiger partial charge >= 0.3 is 5.97 Å². The van der Waals surface area contributed by atoms with Gasteiger partial charge in [-0.1, -0.05) is 30.3 Å². The molecule has 0 aromatic heterocycles. The minimum Gasteiger partial charge on any atom is -0.465 e. The van der Waals surface area contributed by atoms with E-state index in [2.05, 4.69) is 9.80 Å². The van der Waals surface area contributed by atoms with Crippen LogP contribution in [0.5, 0.6) is 0 Å². The molecule has 5 nitrogen and oxygen atoms in total. The highest BCUT2D eigenvalue weighted by molar-refractivity contribution is 5.77. The molecule has 21 heavy (non-hydrogen) atoms. The van der Waals surface area contributed by atoms with Gasteiger partial charge in [0.1, 0.15) is 6.04 Å². The fourth-order valence-corrected chi connectivity index (χ4v) is 2.74. The van der Waals surface area contributed by atoms with Crippen LogP contribution in [-0.2, 0) is 9.53 Å². The Morgan fingerprint density at radius 2 is 1.90 bits per heavy atom. The Labute approximate surface area is 126 Å². The maximum Gasteiger partial charge on any atom is 0.328 e. The van der Waals surface area contributed by atoms with Gasteiger partial charge in [0.25, 0.3) is 0 Å². The molecule has 1 N–H and O–H groups in total. The number of aliphatic hydroxyl groups is 1. The van der Waals surface area contributed by atoms with E-state index in [0.717, 1.165) is 31.7 Å². The first-order valence-electron chi connectivity index (χ1n) is 7.55. The number of hydrogen-bond donors (Lipinski definition) is 1. The number of esters is 1. The van der Waals surface area contributed by atoms with Crippen LogP contribution in [0.1, 0.15) is 18.5 Å². The van der Waals surface area contributed by atoms with Gasteiger partial charge in [0.15, 0.2) is 0 Å². The largest absolute Gasteiger partial charge is 0.465 e. The van der Waals surface area contributed by atoms with Crippen molar-refractivity contribution in [3.05, 3.63) is 35.9 Å². The van der Waals surface area contributed by atoms with E-state index in [-0.39, 0.29) is 18.6 Å². The monoisotopic (exact) mass is 292 g/mol. The van der Waals surface area contributed by atoms with Crippen molar-refractivity contribution in [2.75, 3.05) is 45.9 Å². The molecule has 1 atom stereocenters. The summed E-state index contributed by atoms with van der Waals surface area (Å²) in [7, 11) is 0. The maximum atomic E-state index is 12.3. The number of β-amino-alcohol motifs (C(OH)–C–C–N with tert-alkyl or cyclic N) is 1. The Hall–Kier alpha value is -1.43. The molecule has 5 heteroatoms. The number of piperazine rings is 1. The molecular weight excluding hydrogens is 268 g/mol. The Morgan fingerprint density at radius 1 is 1.24 bits per heavy atom. The molecule has 1 aliphatic heterocycles. The molecule has 0 aliphatic carbocycles. The third kappa shape index (κ3) is 4.27. The van der Waals surface area contributed by atoms with E-state index < -0.39 is 0 Å². The molecule has 2 rings (SSSR count). The summed E-state index contributed by atoms with van der Waals surface area (Å²) in [5.74, 6) is -0.181. The van der Waals surface area contributed by atoms with Crippen molar-refractivity contribution >= 4 is 5.97 Å². The van der Waals surface area contributed by atoms with Crippen LogP contribution in [0.15, 0.2) is 30.3 Å². The summed E-state index contributed by atoms with van der Waals surface area (Å²) in [6.07, 6.45) is 0. The van der Waals surface area contributed by atoms with Crippen LogP contribution in [0, 0.1) is 0 Å². The molecule has 0 spiro atoms. The topological polar surface area (TPSA) is 53.0 Å². The fraction of sp³-hybridized carbons (Fsp3) is 0.562. The van der Waals surface area contributed by atoms with Crippen molar-refractivity contribution in [2.45, 2.75) is 13.0 Å². The molecule has 0 amide bonds.